The largest absolute Gasteiger partial charge is 0.385 e. The van der Waals surface area contributed by atoms with E-state index in [1.54, 1.807) is 18.0 Å². The highest BCUT2D eigenvalue weighted by molar-refractivity contribution is 5.76. The van der Waals surface area contributed by atoms with Crippen molar-refractivity contribution in [3.05, 3.63) is 18.5 Å². The summed E-state index contributed by atoms with van der Waals surface area (Å²) in [7, 11) is 1.73. The van der Waals surface area contributed by atoms with Gasteiger partial charge in [-0.25, -0.2) is 0 Å². The minimum atomic E-state index is -0.113. The molecule has 6 heteroatoms. The van der Waals surface area contributed by atoms with Crippen molar-refractivity contribution in [2.75, 3.05) is 33.4 Å². The van der Waals surface area contributed by atoms with Gasteiger partial charge in [0, 0.05) is 39.2 Å². The first-order chi connectivity index (χ1) is 10.2. The van der Waals surface area contributed by atoms with E-state index in [1.165, 1.54) is 0 Å². The van der Waals surface area contributed by atoms with Gasteiger partial charge in [0.15, 0.2) is 0 Å². The number of amides is 1. The number of aromatic nitrogens is 2. The van der Waals surface area contributed by atoms with Crippen LogP contribution in [0.25, 0.3) is 0 Å². The molecule has 2 atom stereocenters. The summed E-state index contributed by atoms with van der Waals surface area (Å²) >= 11 is 0. The van der Waals surface area contributed by atoms with Gasteiger partial charge >= 0.3 is 0 Å². The number of carbonyl (C=O) groups is 1. The molecule has 0 aromatic carbocycles. The Balaban J connectivity index is 1.52. The van der Waals surface area contributed by atoms with Crippen molar-refractivity contribution in [1.82, 2.24) is 14.7 Å². The summed E-state index contributed by atoms with van der Waals surface area (Å²) in [6.07, 6.45) is 6.54. The number of hydrogen-bond acceptors (Lipinski definition) is 4. The lowest BCUT2D eigenvalue weighted by Gasteiger charge is -2.23. The van der Waals surface area contributed by atoms with Crippen molar-refractivity contribution < 1.29 is 14.3 Å². The molecule has 1 spiro atoms. The predicted molar refractivity (Wildman–Crippen MR) is 76.7 cm³/mol. The molecule has 0 radical (unpaired) electrons. The average molecular weight is 293 g/mol. The number of likely N-dealkylation sites (tertiary alicyclic amines) is 1. The van der Waals surface area contributed by atoms with Gasteiger partial charge in [0.1, 0.15) is 6.54 Å². The number of carbonyl (C=O) groups excluding carboxylic acids is 1. The van der Waals surface area contributed by atoms with Crippen LogP contribution >= 0.6 is 0 Å². The number of nitrogens with zero attached hydrogens (tertiary/aromatic N) is 3. The Bertz CT molecular complexity index is 477. The van der Waals surface area contributed by atoms with Gasteiger partial charge in [0.25, 0.3) is 0 Å². The van der Waals surface area contributed by atoms with Gasteiger partial charge in [-0.3, -0.25) is 9.48 Å². The zero-order valence-corrected chi connectivity index (χ0v) is 12.5. The third kappa shape index (κ3) is 3.27. The molecule has 6 nitrogen and oxygen atoms in total. The van der Waals surface area contributed by atoms with E-state index in [1.807, 2.05) is 17.2 Å². The van der Waals surface area contributed by atoms with E-state index in [4.69, 9.17) is 9.47 Å². The lowest BCUT2D eigenvalue weighted by atomic mass is 9.92. The van der Waals surface area contributed by atoms with Gasteiger partial charge in [0.05, 0.1) is 12.2 Å². The summed E-state index contributed by atoms with van der Waals surface area (Å²) in [6, 6.07) is 1.83. The van der Waals surface area contributed by atoms with E-state index >= 15 is 0 Å². The zero-order valence-electron chi connectivity index (χ0n) is 12.5. The third-order valence-corrected chi connectivity index (χ3v) is 4.54. The number of ether oxygens (including phenoxy) is 2. The summed E-state index contributed by atoms with van der Waals surface area (Å²) < 4.78 is 12.9. The molecule has 0 aliphatic carbocycles. The predicted octanol–water partition coefficient (Wildman–Crippen LogP) is 0.927. The van der Waals surface area contributed by atoms with Crippen molar-refractivity contribution >= 4 is 5.91 Å². The van der Waals surface area contributed by atoms with Gasteiger partial charge in [-0.2, -0.15) is 5.10 Å². The molecule has 3 heterocycles. The molecule has 3 rings (SSSR count). The topological polar surface area (TPSA) is 56.6 Å². The van der Waals surface area contributed by atoms with Crippen LogP contribution in [0.3, 0.4) is 0 Å². The second-order valence-electron chi connectivity index (χ2n) is 6.11. The van der Waals surface area contributed by atoms with Gasteiger partial charge in [-0.15, -0.1) is 0 Å². The van der Waals surface area contributed by atoms with Crippen LogP contribution in [-0.4, -0.2) is 59.6 Å². The highest BCUT2D eigenvalue weighted by atomic mass is 16.5. The molecule has 1 aromatic rings. The lowest BCUT2D eigenvalue weighted by Crippen LogP contribution is -2.37. The SMILES string of the molecule is COCC[C@@H]1CO[C@@]2(CCN(C(=O)Cn3cccn3)C2)C1. The number of methoxy groups -OCH3 is 1. The van der Waals surface area contributed by atoms with E-state index in [0.717, 1.165) is 45.6 Å². The summed E-state index contributed by atoms with van der Waals surface area (Å²) in [5, 5.41) is 4.09. The van der Waals surface area contributed by atoms with Crippen LogP contribution in [0, 0.1) is 5.92 Å². The number of hydrogen-bond donors (Lipinski definition) is 0. The first kappa shape index (κ1) is 14.5. The summed E-state index contributed by atoms with van der Waals surface area (Å²) in [5.41, 5.74) is -0.113. The van der Waals surface area contributed by atoms with E-state index in [0.29, 0.717) is 12.5 Å². The Hall–Kier alpha value is -1.40. The maximum absolute atomic E-state index is 12.3. The Morgan fingerprint density at radius 1 is 1.57 bits per heavy atom. The second kappa shape index (κ2) is 6.15. The molecule has 1 aromatic heterocycles. The maximum Gasteiger partial charge on any atom is 0.244 e. The van der Waals surface area contributed by atoms with Gasteiger partial charge < -0.3 is 14.4 Å². The van der Waals surface area contributed by atoms with Crippen molar-refractivity contribution in [3.8, 4) is 0 Å². The fourth-order valence-corrected chi connectivity index (χ4v) is 3.38. The molecule has 116 valence electrons. The Morgan fingerprint density at radius 2 is 2.48 bits per heavy atom. The molecule has 0 saturated carbocycles. The standard InChI is InChI=1S/C15H23N3O3/c1-20-8-3-13-9-15(21-11-13)4-7-17(12-15)14(19)10-18-6-2-5-16-18/h2,5-6,13H,3-4,7-12H2,1H3/t13-,15-/m0/s1. The van der Waals surface area contributed by atoms with Crippen molar-refractivity contribution in [1.29, 1.82) is 0 Å². The van der Waals surface area contributed by atoms with Gasteiger partial charge in [0.2, 0.25) is 5.91 Å². The van der Waals surface area contributed by atoms with Crippen LogP contribution < -0.4 is 0 Å². The monoisotopic (exact) mass is 293 g/mol. The summed E-state index contributed by atoms with van der Waals surface area (Å²) in [4.78, 5) is 14.2. The van der Waals surface area contributed by atoms with Crippen molar-refractivity contribution in [3.63, 3.8) is 0 Å². The van der Waals surface area contributed by atoms with Crippen LogP contribution in [0.15, 0.2) is 18.5 Å². The minimum Gasteiger partial charge on any atom is -0.385 e. The van der Waals surface area contributed by atoms with Gasteiger partial charge in [-0.1, -0.05) is 0 Å². The van der Waals surface area contributed by atoms with E-state index in [2.05, 4.69) is 5.10 Å². The van der Waals surface area contributed by atoms with Gasteiger partial charge in [-0.05, 0) is 31.2 Å². The quantitative estimate of drug-likeness (QED) is 0.810. The molecule has 0 unspecified atom stereocenters. The highest BCUT2D eigenvalue weighted by Gasteiger charge is 2.46. The van der Waals surface area contributed by atoms with Crippen LogP contribution in [0.5, 0.6) is 0 Å². The first-order valence-corrected chi connectivity index (χ1v) is 7.59. The van der Waals surface area contributed by atoms with Crippen LogP contribution in [0.4, 0.5) is 0 Å². The Labute approximate surface area is 125 Å². The summed E-state index contributed by atoms with van der Waals surface area (Å²) in [6.45, 7) is 3.40. The van der Waals surface area contributed by atoms with E-state index in [9.17, 15) is 4.79 Å². The molecule has 2 saturated heterocycles. The van der Waals surface area contributed by atoms with E-state index < -0.39 is 0 Å². The maximum atomic E-state index is 12.3. The van der Waals surface area contributed by atoms with Crippen molar-refractivity contribution in [2.45, 2.75) is 31.4 Å². The fraction of sp³-hybridized carbons (Fsp3) is 0.733. The molecule has 0 bridgehead atoms. The highest BCUT2D eigenvalue weighted by Crippen LogP contribution is 2.39. The fourth-order valence-electron chi connectivity index (χ4n) is 3.38. The molecule has 1 amide bonds. The molecule has 21 heavy (non-hydrogen) atoms. The smallest absolute Gasteiger partial charge is 0.244 e. The molecule has 2 aliphatic heterocycles. The van der Waals surface area contributed by atoms with Crippen LogP contribution in [0.2, 0.25) is 0 Å². The second-order valence-corrected chi connectivity index (χ2v) is 6.11. The molecular formula is C15H23N3O3. The third-order valence-electron chi connectivity index (χ3n) is 4.54. The van der Waals surface area contributed by atoms with Crippen LogP contribution in [-0.2, 0) is 20.8 Å². The molecule has 2 fully saturated rings. The Morgan fingerprint density at radius 3 is 3.24 bits per heavy atom. The van der Waals surface area contributed by atoms with E-state index in [-0.39, 0.29) is 11.5 Å². The normalized spacial score (nSPS) is 28.6. The molecule has 2 aliphatic rings. The van der Waals surface area contributed by atoms with Crippen LogP contribution in [0.1, 0.15) is 19.3 Å². The molecular weight excluding hydrogens is 270 g/mol. The molecule has 0 N–H and O–H groups in total. The first-order valence-electron chi connectivity index (χ1n) is 7.59. The number of rotatable bonds is 5. The van der Waals surface area contributed by atoms with Crippen molar-refractivity contribution in [2.24, 2.45) is 5.92 Å². The Kier molecular flexibility index (Phi) is 4.26. The minimum absolute atomic E-state index is 0.113. The average Bonchev–Trinajstić information content (AvgIpc) is 3.20. The lowest BCUT2D eigenvalue weighted by molar-refractivity contribution is -0.132. The zero-order chi connectivity index (χ0) is 14.7. The summed E-state index contributed by atoms with van der Waals surface area (Å²) in [5.74, 6) is 0.686.